The summed E-state index contributed by atoms with van der Waals surface area (Å²) < 4.78 is 0. The van der Waals surface area contributed by atoms with Crippen molar-refractivity contribution in [3.05, 3.63) is 35.4 Å². The van der Waals surface area contributed by atoms with Crippen LogP contribution in [0.1, 0.15) is 17.5 Å². The van der Waals surface area contributed by atoms with E-state index in [1.807, 2.05) is 0 Å². The van der Waals surface area contributed by atoms with Crippen LogP contribution >= 0.6 is 0 Å². The van der Waals surface area contributed by atoms with Gasteiger partial charge in [0.15, 0.2) is 0 Å². The highest BCUT2D eigenvalue weighted by Gasteiger charge is 2.32. The lowest BCUT2D eigenvalue weighted by Gasteiger charge is -2.20. The first kappa shape index (κ1) is 14.0. The predicted octanol–water partition coefficient (Wildman–Crippen LogP) is 1.49. The SMILES string of the molecule is CNC(C(=O)O)C1CCN(Cc2cccc(C)c2)C1. The third kappa shape index (κ3) is 3.55. The molecule has 0 radical (unpaired) electrons. The van der Waals surface area contributed by atoms with Gasteiger partial charge in [0.2, 0.25) is 0 Å². The van der Waals surface area contributed by atoms with E-state index in [-0.39, 0.29) is 5.92 Å². The first-order valence-electron chi connectivity index (χ1n) is 6.78. The van der Waals surface area contributed by atoms with Crippen molar-refractivity contribution >= 4 is 5.97 Å². The zero-order chi connectivity index (χ0) is 13.8. The number of carbonyl (C=O) groups is 1. The molecule has 1 fully saturated rings. The number of nitrogens with one attached hydrogen (secondary N) is 1. The van der Waals surface area contributed by atoms with Crippen molar-refractivity contribution in [1.29, 1.82) is 0 Å². The fourth-order valence-corrected chi connectivity index (χ4v) is 2.91. The summed E-state index contributed by atoms with van der Waals surface area (Å²) in [5.74, 6) is -0.544. The maximum absolute atomic E-state index is 11.1. The number of aliphatic carboxylic acids is 1. The van der Waals surface area contributed by atoms with E-state index in [0.717, 1.165) is 26.1 Å². The molecule has 1 aliphatic heterocycles. The fraction of sp³-hybridized carbons (Fsp3) is 0.533. The van der Waals surface area contributed by atoms with E-state index in [4.69, 9.17) is 5.11 Å². The van der Waals surface area contributed by atoms with Gasteiger partial charge in [-0.2, -0.15) is 0 Å². The highest BCUT2D eigenvalue weighted by atomic mass is 16.4. The van der Waals surface area contributed by atoms with Gasteiger partial charge in [-0.15, -0.1) is 0 Å². The summed E-state index contributed by atoms with van der Waals surface area (Å²) >= 11 is 0. The molecular formula is C15H22N2O2. The Hall–Kier alpha value is -1.39. The molecular weight excluding hydrogens is 240 g/mol. The average molecular weight is 262 g/mol. The molecule has 1 aliphatic rings. The second-order valence-electron chi connectivity index (χ2n) is 5.38. The van der Waals surface area contributed by atoms with Gasteiger partial charge in [-0.1, -0.05) is 29.8 Å². The molecule has 0 amide bonds. The van der Waals surface area contributed by atoms with Gasteiger partial charge in [-0.25, -0.2) is 0 Å². The fourth-order valence-electron chi connectivity index (χ4n) is 2.91. The van der Waals surface area contributed by atoms with Crippen LogP contribution in [0.4, 0.5) is 0 Å². The van der Waals surface area contributed by atoms with Crippen molar-refractivity contribution in [3.8, 4) is 0 Å². The molecule has 4 nitrogen and oxygen atoms in total. The zero-order valence-corrected chi connectivity index (χ0v) is 11.6. The molecule has 2 unspecified atom stereocenters. The quantitative estimate of drug-likeness (QED) is 0.844. The number of carboxylic acids is 1. The first-order chi connectivity index (χ1) is 9.10. The molecule has 2 N–H and O–H groups in total. The third-order valence-corrected chi connectivity index (χ3v) is 3.85. The van der Waals surface area contributed by atoms with E-state index in [2.05, 4.69) is 41.4 Å². The summed E-state index contributed by atoms with van der Waals surface area (Å²) in [5.41, 5.74) is 2.57. The highest BCUT2D eigenvalue weighted by molar-refractivity contribution is 5.73. The number of nitrogens with zero attached hydrogens (tertiary/aromatic N) is 1. The Morgan fingerprint density at radius 1 is 1.58 bits per heavy atom. The summed E-state index contributed by atoms with van der Waals surface area (Å²) in [7, 11) is 1.72. The largest absolute Gasteiger partial charge is 0.480 e. The van der Waals surface area contributed by atoms with E-state index >= 15 is 0 Å². The molecule has 0 spiro atoms. The maximum atomic E-state index is 11.1. The molecule has 0 aromatic heterocycles. The van der Waals surface area contributed by atoms with Crippen LogP contribution in [0.15, 0.2) is 24.3 Å². The van der Waals surface area contributed by atoms with Gasteiger partial charge in [0.1, 0.15) is 6.04 Å². The highest BCUT2D eigenvalue weighted by Crippen LogP contribution is 2.22. The monoisotopic (exact) mass is 262 g/mol. The minimum Gasteiger partial charge on any atom is -0.480 e. The van der Waals surface area contributed by atoms with Crippen LogP contribution in [0, 0.1) is 12.8 Å². The number of hydrogen-bond acceptors (Lipinski definition) is 3. The van der Waals surface area contributed by atoms with Crippen LogP contribution in [-0.4, -0.2) is 42.2 Å². The third-order valence-electron chi connectivity index (χ3n) is 3.85. The summed E-state index contributed by atoms with van der Waals surface area (Å²) in [6, 6.07) is 8.07. The number of aryl methyl sites for hydroxylation is 1. The molecule has 1 saturated heterocycles. The minimum absolute atomic E-state index is 0.201. The molecule has 1 aromatic rings. The van der Waals surface area contributed by atoms with Crippen LogP contribution in [0.3, 0.4) is 0 Å². The topological polar surface area (TPSA) is 52.6 Å². The van der Waals surface area contributed by atoms with Gasteiger partial charge in [-0.3, -0.25) is 9.69 Å². The normalized spacial score (nSPS) is 21.5. The van der Waals surface area contributed by atoms with Gasteiger partial charge >= 0.3 is 5.97 Å². The molecule has 104 valence electrons. The second kappa shape index (κ2) is 6.17. The second-order valence-corrected chi connectivity index (χ2v) is 5.38. The van der Waals surface area contributed by atoms with E-state index in [9.17, 15) is 4.79 Å². The summed E-state index contributed by atoms with van der Waals surface area (Å²) in [6.07, 6.45) is 0.948. The molecule has 4 heteroatoms. The Balaban J connectivity index is 1.93. The number of rotatable bonds is 5. The first-order valence-corrected chi connectivity index (χ1v) is 6.78. The number of benzene rings is 1. The molecule has 0 saturated carbocycles. The smallest absolute Gasteiger partial charge is 0.321 e. The van der Waals surface area contributed by atoms with Crippen LogP contribution in [0.25, 0.3) is 0 Å². The summed E-state index contributed by atoms with van der Waals surface area (Å²) in [4.78, 5) is 13.5. The van der Waals surface area contributed by atoms with Gasteiger partial charge < -0.3 is 10.4 Å². The number of likely N-dealkylation sites (tertiary alicyclic amines) is 1. The Morgan fingerprint density at radius 2 is 2.37 bits per heavy atom. The van der Waals surface area contributed by atoms with Gasteiger partial charge in [0.05, 0.1) is 0 Å². The maximum Gasteiger partial charge on any atom is 0.321 e. The lowest BCUT2D eigenvalue weighted by molar-refractivity contribution is -0.140. The van der Waals surface area contributed by atoms with Crippen molar-refractivity contribution in [2.24, 2.45) is 5.92 Å². The van der Waals surface area contributed by atoms with Crippen LogP contribution in [0.5, 0.6) is 0 Å². The summed E-state index contributed by atoms with van der Waals surface area (Å²) in [6.45, 7) is 4.84. The van der Waals surface area contributed by atoms with Gasteiger partial charge in [-0.05, 0) is 38.4 Å². The molecule has 2 rings (SSSR count). The van der Waals surface area contributed by atoms with Crippen molar-refractivity contribution < 1.29 is 9.90 Å². The van der Waals surface area contributed by atoms with Crippen molar-refractivity contribution in [1.82, 2.24) is 10.2 Å². The van der Waals surface area contributed by atoms with Gasteiger partial charge in [0, 0.05) is 13.1 Å². The van der Waals surface area contributed by atoms with Crippen LogP contribution < -0.4 is 5.32 Å². The number of hydrogen-bond donors (Lipinski definition) is 2. The standard InChI is InChI=1S/C15H22N2O2/c1-11-4-3-5-12(8-11)9-17-7-6-13(10-17)14(16-2)15(18)19/h3-5,8,13-14,16H,6-7,9-10H2,1-2H3,(H,18,19). The van der Waals surface area contributed by atoms with Crippen LogP contribution in [-0.2, 0) is 11.3 Å². The van der Waals surface area contributed by atoms with Crippen molar-refractivity contribution in [3.63, 3.8) is 0 Å². The molecule has 2 atom stereocenters. The van der Waals surface area contributed by atoms with Crippen LogP contribution in [0.2, 0.25) is 0 Å². The molecule has 0 aliphatic carbocycles. The Kier molecular flexibility index (Phi) is 4.56. The minimum atomic E-state index is -0.745. The predicted molar refractivity (Wildman–Crippen MR) is 75.0 cm³/mol. The lowest BCUT2D eigenvalue weighted by atomic mass is 9.99. The molecule has 1 aromatic carbocycles. The zero-order valence-electron chi connectivity index (χ0n) is 11.6. The van der Waals surface area contributed by atoms with E-state index in [1.165, 1.54) is 11.1 Å². The Morgan fingerprint density at radius 3 is 3.00 bits per heavy atom. The Labute approximate surface area is 114 Å². The Bertz CT molecular complexity index is 448. The summed E-state index contributed by atoms with van der Waals surface area (Å²) in [5, 5.41) is 12.1. The van der Waals surface area contributed by atoms with E-state index < -0.39 is 12.0 Å². The molecule has 19 heavy (non-hydrogen) atoms. The number of likely N-dealkylation sites (N-methyl/N-ethyl adjacent to an activating group) is 1. The number of carboxylic acid groups (broad SMARTS) is 1. The van der Waals surface area contributed by atoms with E-state index in [1.54, 1.807) is 7.05 Å². The molecule has 0 bridgehead atoms. The lowest BCUT2D eigenvalue weighted by Crippen LogP contribution is -2.41. The average Bonchev–Trinajstić information content (AvgIpc) is 2.78. The van der Waals surface area contributed by atoms with Gasteiger partial charge in [0.25, 0.3) is 0 Å². The van der Waals surface area contributed by atoms with E-state index in [0.29, 0.717) is 0 Å². The molecule has 1 heterocycles. The van der Waals surface area contributed by atoms with Crippen molar-refractivity contribution in [2.45, 2.75) is 25.9 Å². The van der Waals surface area contributed by atoms with Crippen molar-refractivity contribution in [2.75, 3.05) is 20.1 Å².